The van der Waals surface area contributed by atoms with Crippen LogP contribution >= 0.6 is 0 Å². The monoisotopic (exact) mass is 581 g/mol. The van der Waals surface area contributed by atoms with E-state index in [2.05, 4.69) is 20.1 Å². The maximum absolute atomic E-state index is 13.6. The SMILES string of the molecule is CC(C)(C)OC(=O)N[C@H]1CCCCCC=C[C@@H]2C[C@@]2(C(=O)NS(=O)(=O)NCC2CC2)NC(=O)C2CCCN2C1=O. The van der Waals surface area contributed by atoms with Crippen LogP contribution in [0.25, 0.3) is 0 Å². The molecule has 2 saturated carbocycles. The molecule has 4 aliphatic rings. The first kappa shape index (κ1) is 30.3. The Kier molecular flexibility index (Phi) is 9.13. The average molecular weight is 582 g/mol. The summed E-state index contributed by atoms with van der Waals surface area (Å²) in [6.45, 7) is 5.83. The molecule has 0 radical (unpaired) electrons. The number of rotatable bonds is 6. The summed E-state index contributed by atoms with van der Waals surface area (Å²) in [7, 11) is -4.08. The van der Waals surface area contributed by atoms with Gasteiger partial charge in [0.25, 0.3) is 5.91 Å². The van der Waals surface area contributed by atoms with Crippen molar-refractivity contribution in [3.05, 3.63) is 12.2 Å². The van der Waals surface area contributed by atoms with Crippen LogP contribution < -0.4 is 20.1 Å². The summed E-state index contributed by atoms with van der Waals surface area (Å²) in [5, 5.41) is 5.52. The van der Waals surface area contributed by atoms with E-state index in [0.717, 1.165) is 32.1 Å². The largest absolute Gasteiger partial charge is 0.444 e. The third-order valence-electron chi connectivity index (χ3n) is 7.81. The summed E-state index contributed by atoms with van der Waals surface area (Å²) in [6.07, 6.45) is 9.80. The Hall–Kier alpha value is -2.67. The Bertz CT molecular complexity index is 1130. The molecule has 2 aliphatic heterocycles. The quantitative estimate of drug-likeness (QED) is 0.346. The van der Waals surface area contributed by atoms with Gasteiger partial charge in [0.1, 0.15) is 23.2 Å². The van der Waals surface area contributed by atoms with Gasteiger partial charge >= 0.3 is 16.3 Å². The summed E-state index contributed by atoms with van der Waals surface area (Å²) in [4.78, 5) is 54.5. The van der Waals surface area contributed by atoms with Crippen LogP contribution in [0.2, 0.25) is 0 Å². The van der Waals surface area contributed by atoms with Gasteiger partial charge in [0, 0.05) is 19.0 Å². The maximum atomic E-state index is 13.6. The Morgan fingerprint density at radius 1 is 1.10 bits per heavy atom. The molecular formula is C27H43N5O7S. The molecule has 1 saturated heterocycles. The number of carbonyl (C=O) groups excluding carboxylic acids is 4. The molecule has 4 N–H and O–H groups in total. The average Bonchev–Trinajstić information content (AvgIpc) is 3.75. The zero-order valence-electron chi connectivity index (χ0n) is 23.7. The van der Waals surface area contributed by atoms with Gasteiger partial charge in [-0.1, -0.05) is 25.0 Å². The predicted octanol–water partition coefficient (Wildman–Crippen LogP) is 1.63. The fraction of sp³-hybridized carbons (Fsp3) is 0.778. The van der Waals surface area contributed by atoms with Crippen LogP contribution in [0.4, 0.5) is 4.79 Å². The van der Waals surface area contributed by atoms with E-state index in [4.69, 9.17) is 4.74 Å². The lowest BCUT2D eigenvalue weighted by atomic mass is 10.0. The van der Waals surface area contributed by atoms with Crippen molar-refractivity contribution < 1.29 is 32.3 Å². The smallest absolute Gasteiger partial charge is 0.408 e. The lowest BCUT2D eigenvalue weighted by molar-refractivity contribution is -0.141. The molecule has 224 valence electrons. The van der Waals surface area contributed by atoms with E-state index in [1.165, 1.54) is 4.90 Å². The van der Waals surface area contributed by atoms with Crippen LogP contribution in [-0.4, -0.2) is 73.4 Å². The minimum absolute atomic E-state index is 0.267. The Morgan fingerprint density at radius 2 is 1.85 bits per heavy atom. The number of hydrogen-bond acceptors (Lipinski definition) is 7. The van der Waals surface area contributed by atoms with Crippen LogP contribution in [0.1, 0.15) is 85.0 Å². The highest BCUT2D eigenvalue weighted by Gasteiger charge is 2.61. The van der Waals surface area contributed by atoms with Crippen molar-refractivity contribution in [1.82, 2.24) is 25.0 Å². The van der Waals surface area contributed by atoms with Gasteiger partial charge in [-0.05, 0) is 78.1 Å². The molecule has 0 bridgehead atoms. The molecular weight excluding hydrogens is 538 g/mol. The van der Waals surface area contributed by atoms with Gasteiger partial charge in [-0.2, -0.15) is 13.1 Å². The highest BCUT2D eigenvalue weighted by atomic mass is 32.2. The van der Waals surface area contributed by atoms with Gasteiger partial charge in [-0.15, -0.1) is 0 Å². The zero-order valence-corrected chi connectivity index (χ0v) is 24.5. The van der Waals surface area contributed by atoms with Crippen LogP contribution in [0.3, 0.4) is 0 Å². The number of nitrogens with zero attached hydrogens (tertiary/aromatic N) is 1. The number of amides is 4. The normalized spacial score (nSPS) is 29.8. The Balaban J connectivity index is 1.51. The number of fused-ring (bicyclic) bond motifs is 2. The van der Waals surface area contributed by atoms with Crippen molar-refractivity contribution in [2.45, 2.75) is 108 Å². The Morgan fingerprint density at radius 3 is 2.55 bits per heavy atom. The third-order valence-corrected chi connectivity index (χ3v) is 8.81. The predicted molar refractivity (Wildman–Crippen MR) is 147 cm³/mol. The molecule has 2 heterocycles. The number of carbonyl (C=O) groups is 4. The van der Waals surface area contributed by atoms with Crippen LogP contribution in [-0.2, 0) is 29.3 Å². The second-order valence-corrected chi connectivity index (χ2v) is 14.0. The molecule has 12 nitrogen and oxygen atoms in total. The third kappa shape index (κ3) is 7.96. The van der Waals surface area contributed by atoms with Crippen LogP contribution in [0, 0.1) is 11.8 Å². The van der Waals surface area contributed by atoms with Crippen molar-refractivity contribution in [3.8, 4) is 0 Å². The molecule has 13 heteroatoms. The second kappa shape index (κ2) is 12.1. The fourth-order valence-corrected chi connectivity index (χ4v) is 6.30. The van der Waals surface area contributed by atoms with E-state index < -0.39 is 51.3 Å². The minimum atomic E-state index is -4.08. The molecule has 0 aromatic carbocycles. The number of ether oxygens (including phenoxy) is 1. The van der Waals surface area contributed by atoms with Crippen LogP contribution in [0.5, 0.6) is 0 Å². The number of nitrogens with one attached hydrogen (secondary N) is 4. The van der Waals surface area contributed by atoms with Gasteiger partial charge in [0.2, 0.25) is 11.8 Å². The lowest BCUT2D eigenvalue weighted by Crippen LogP contribution is -2.59. The number of alkyl carbamates (subject to hydrolysis) is 1. The van der Waals surface area contributed by atoms with E-state index in [9.17, 15) is 27.6 Å². The first-order valence-electron chi connectivity index (χ1n) is 14.4. The lowest BCUT2D eigenvalue weighted by Gasteiger charge is -2.30. The highest BCUT2D eigenvalue weighted by Crippen LogP contribution is 2.45. The molecule has 40 heavy (non-hydrogen) atoms. The second-order valence-electron chi connectivity index (χ2n) is 12.5. The van der Waals surface area contributed by atoms with Crippen molar-refractivity contribution in [3.63, 3.8) is 0 Å². The van der Waals surface area contributed by atoms with Gasteiger partial charge < -0.3 is 20.3 Å². The van der Waals surface area contributed by atoms with E-state index in [1.807, 2.05) is 12.2 Å². The first-order valence-corrected chi connectivity index (χ1v) is 15.9. The van der Waals surface area contributed by atoms with Gasteiger partial charge in [0.05, 0.1) is 0 Å². The summed E-state index contributed by atoms with van der Waals surface area (Å²) < 4.78 is 34.9. The molecule has 4 rings (SSSR count). The zero-order chi connectivity index (χ0) is 29.1. The molecule has 2 aliphatic carbocycles. The highest BCUT2D eigenvalue weighted by molar-refractivity contribution is 7.88. The summed E-state index contributed by atoms with van der Waals surface area (Å²) >= 11 is 0. The minimum Gasteiger partial charge on any atom is -0.444 e. The first-order chi connectivity index (χ1) is 18.8. The number of allylic oxidation sites excluding steroid dienone is 1. The maximum Gasteiger partial charge on any atom is 0.408 e. The van der Waals surface area contributed by atoms with Gasteiger partial charge in [0.15, 0.2) is 0 Å². The molecule has 0 aromatic rings. The standard InChI is InChI=1S/C27H43N5O7S/c1-26(2,3)39-25(36)29-20-11-8-6-4-5-7-10-19-16-27(19,24(35)31-40(37,38)28-17-18-13-14-18)30-22(33)21-12-9-15-32(21)23(20)34/h7,10,18-21,28H,4-6,8-9,11-17H2,1-3H3,(H,29,36)(H,30,33)(H,31,35)/t19-,20+,21?,27-/m1/s1. The fourth-order valence-electron chi connectivity index (χ4n) is 5.34. The molecule has 0 aromatic heterocycles. The Labute approximate surface area is 236 Å². The molecule has 1 unspecified atom stereocenters. The van der Waals surface area contributed by atoms with E-state index in [0.29, 0.717) is 38.1 Å². The number of hydrogen-bond donors (Lipinski definition) is 4. The van der Waals surface area contributed by atoms with Crippen molar-refractivity contribution in [2.75, 3.05) is 13.1 Å². The van der Waals surface area contributed by atoms with Gasteiger partial charge in [-0.3, -0.25) is 14.4 Å². The summed E-state index contributed by atoms with van der Waals surface area (Å²) in [6, 6.07) is -1.68. The van der Waals surface area contributed by atoms with E-state index in [-0.39, 0.29) is 24.8 Å². The van der Waals surface area contributed by atoms with Gasteiger partial charge in [-0.25, -0.2) is 9.52 Å². The molecule has 3 fully saturated rings. The molecule has 0 spiro atoms. The molecule has 4 amide bonds. The van der Waals surface area contributed by atoms with E-state index in [1.54, 1.807) is 20.8 Å². The van der Waals surface area contributed by atoms with Crippen molar-refractivity contribution in [2.24, 2.45) is 11.8 Å². The topological polar surface area (TPSA) is 163 Å². The van der Waals surface area contributed by atoms with Crippen molar-refractivity contribution >= 4 is 34.0 Å². The summed E-state index contributed by atoms with van der Waals surface area (Å²) in [5.41, 5.74) is -2.14. The molecule has 4 atom stereocenters. The summed E-state index contributed by atoms with van der Waals surface area (Å²) in [5.74, 6) is -1.73. The van der Waals surface area contributed by atoms with E-state index >= 15 is 0 Å². The van der Waals surface area contributed by atoms with Crippen LogP contribution in [0.15, 0.2) is 12.2 Å². The van der Waals surface area contributed by atoms with Crippen molar-refractivity contribution in [1.29, 1.82) is 0 Å².